The molecule has 4 heteroatoms. The van der Waals surface area contributed by atoms with Crippen molar-refractivity contribution in [1.29, 1.82) is 0 Å². The van der Waals surface area contributed by atoms with Crippen molar-refractivity contribution < 1.29 is 14.3 Å². The standard InChI is InChI=1S/C9H15IO3/c1-3-12-8(11)9(2,10)7-5-4-6-13-7/h7H,3-6H2,1-2H3/t7-,9+/m0/s1. The third-order valence-electron chi connectivity index (χ3n) is 2.21. The van der Waals surface area contributed by atoms with Crippen molar-refractivity contribution in [2.45, 2.75) is 36.2 Å². The maximum atomic E-state index is 11.5. The van der Waals surface area contributed by atoms with Crippen LogP contribution in [0.2, 0.25) is 0 Å². The van der Waals surface area contributed by atoms with Gasteiger partial charge in [0.25, 0.3) is 0 Å². The quantitative estimate of drug-likeness (QED) is 0.454. The van der Waals surface area contributed by atoms with E-state index >= 15 is 0 Å². The van der Waals surface area contributed by atoms with Crippen molar-refractivity contribution in [3.8, 4) is 0 Å². The lowest BCUT2D eigenvalue weighted by Crippen LogP contribution is -2.41. The average Bonchev–Trinajstić information content (AvgIpc) is 2.56. The number of hydrogen-bond donors (Lipinski definition) is 0. The molecule has 76 valence electrons. The lowest BCUT2D eigenvalue weighted by Gasteiger charge is -2.26. The Morgan fingerprint density at radius 2 is 2.46 bits per heavy atom. The van der Waals surface area contributed by atoms with E-state index in [9.17, 15) is 4.79 Å². The van der Waals surface area contributed by atoms with Crippen molar-refractivity contribution in [3.05, 3.63) is 0 Å². The van der Waals surface area contributed by atoms with E-state index in [-0.39, 0.29) is 12.1 Å². The van der Waals surface area contributed by atoms with Gasteiger partial charge >= 0.3 is 5.97 Å². The van der Waals surface area contributed by atoms with Gasteiger partial charge in [0.2, 0.25) is 0 Å². The SMILES string of the molecule is CCOC(=O)[C@](C)(I)[C@@H]1CCCO1. The predicted molar refractivity (Wildman–Crippen MR) is 58.0 cm³/mol. The zero-order valence-electron chi connectivity index (χ0n) is 8.01. The maximum Gasteiger partial charge on any atom is 0.324 e. The van der Waals surface area contributed by atoms with Gasteiger partial charge in [-0.05, 0) is 26.7 Å². The molecule has 1 heterocycles. The van der Waals surface area contributed by atoms with E-state index in [2.05, 4.69) is 22.6 Å². The summed E-state index contributed by atoms with van der Waals surface area (Å²) in [4.78, 5) is 11.5. The number of esters is 1. The fourth-order valence-corrected chi connectivity index (χ4v) is 2.06. The minimum absolute atomic E-state index is 0.0205. The number of carbonyl (C=O) groups excluding carboxylic acids is 1. The van der Waals surface area contributed by atoms with Gasteiger partial charge in [-0.1, -0.05) is 22.6 Å². The van der Waals surface area contributed by atoms with Gasteiger partial charge in [-0.3, -0.25) is 4.79 Å². The monoisotopic (exact) mass is 298 g/mol. The highest BCUT2D eigenvalue weighted by Crippen LogP contribution is 2.32. The van der Waals surface area contributed by atoms with Gasteiger partial charge in [0.1, 0.15) is 3.42 Å². The van der Waals surface area contributed by atoms with Crippen molar-refractivity contribution in [3.63, 3.8) is 0 Å². The minimum Gasteiger partial charge on any atom is -0.465 e. The summed E-state index contributed by atoms with van der Waals surface area (Å²) in [5.74, 6) is -0.164. The summed E-state index contributed by atoms with van der Waals surface area (Å²) in [6.45, 7) is 4.90. The molecule has 0 bridgehead atoms. The topological polar surface area (TPSA) is 35.5 Å². The van der Waals surface area contributed by atoms with Crippen molar-refractivity contribution in [1.82, 2.24) is 0 Å². The molecule has 0 unspecified atom stereocenters. The molecule has 0 aliphatic carbocycles. The number of ether oxygens (including phenoxy) is 2. The third-order valence-corrected chi connectivity index (χ3v) is 3.34. The molecule has 1 rings (SSSR count). The Kier molecular flexibility index (Phi) is 3.97. The summed E-state index contributed by atoms with van der Waals surface area (Å²) in [5, 5.41) is 0. The highest BCUT2D eigenvalue weighted by Gasteiger charge is 2.42. The molecular formula is C9H15IO3. The lowest BCUT2D eigenvalue weighted by molar-refractivity contribution is -0.148. The zero-order chi connectivity index (χ0) is 9.90. The summed E-state index contributed by atoms with van der Waals surface area (Å²) in [6.07, 6.45) is 2.02. The van der Waals surface area contributed by atoms with E-state index in [1.54, 1.807) is 0 Å². The average molecular weight is 298 g/mol. The first-order valence-electron chi connectivity index (χ1n) is 4.56. The van der Waals surface area contributed by atoms with Gasteiger partial charge in [0.15, 0.2) is 0 Å². The highest BCUT2D eigenvalue weighted by molar-refractivity contribution is 14.1. The van der Waals surface area contributed by atoms with Crippen LogP contribution in [0.3, 0.4) is 0 Å². The summed E-state index contributed by atoms with van der Waals surface area (Å²) >= 11 is 2.13. The number of alkyl halides is 1. The van der Waals surface area contributed by atoms with E-state index in [0.29, 0.717) is 6.61 Å². The molecule has 2 atom stereocenters. The minimum atomic E-state index is -0.524. The molecule has 0 radical (unpaired) electrons. The van der Waals surface area contributed by atoms with Crippen molar-refractivity contribution in [2.75, 3.05) is 13.2 Å². The molecule has 0 saturated carbocycles. The van der Waals surface area contributed by atoms with Crippen LogP contribution in [-0.2, 0) is 14.3 Å². The molecular weight excluding hydrogens is 283 g/mol. The van der Waals surface area contributed by atoms with Crippen molar-refractivity contribution in [2.24, 2.45) is 0 Å². The number of hydrogen-bond acceptors (Lipinski definition) is 3. The Bertz CT molecular complexity index is 185. The Balaban J connectivity index is 2.57. The van der Waals surface area contributed by atoms with Gasteiger partial charge in [-0.15, -0.1) is 0 Å². The number of rotatable bonds is 3. The molecule has 13 heavy (non-hydrogen) atoms. The Hall–Kier alpha value is 0.160. The van der Waals surface area contributed by atoms with Crippen LogP contribution in [0.15, 0.2) is 0 Å². The lowest BCUT2D eigenvalue weighted by atomic mass is 10.0. The van der Waals surface area contributed by atoms with Gasteiger partial charge in [0, 0.05) is 6.61 Å². The molecule has 1 aliphatic heterocycles. The van der Waals surface area contributed by atoms with E-state index in [4.69, 9.17) is 9.47 Å². The second-order valence-electron chi connectivity index (χ2n) is 3.30. The zero-order valence-corrected chi connectivity index (χ0v) is 10.2. The molecule has 0 aromatic rings. The van der Waals surface area contributed by atoms with Crippen LogP contribution in [0.5, 0.6) is 0 Å². The first-order chi connectivity index (χ1) is 6.09. The largest absolute Gasteiger partial charge is 0.465 e. The van der Waals surface area contributed by atoms with Crippen LogP contribution >= 0.6 is 22.6 Å². The van der Waals surface area contributed by atoms with Crippen molar-refractivity contribution >= 4 is 28.6 Å². The fraction of sp³-hybridized carbons (Fsp3) is 0.889. The molecule has 3 nitrogen and oxygen atoms in total. The molecule has 0 aromatic heterocycles. The van der Waals surface area contributed by atoms with Crippen LogP contribution < -0.4 is 0 Å². The van der Waals surface area contributed by atoms with E-state index < -0.39 is 3.42 Å². The molecule has 1 fully saturated rings. The van der Waals surface area contributed by atoms with E-state index in [1.807, 2.05) is 13.8 Å². The van der Waals surface area contributed by atoms with Crippen LogP contribution in [0.4, 0.5) is 0 Å². The molecule has 1 saturated heterocycles. The Morgan fingerprint density at radius 1 is 1.77 bits per heavy atom. The normalized spacial score (nSPS) is 26.8. The van der Waals surface area contributed by atoms with E-state index in [1.165, 1.54) is 0 Å². The second kappa shape index (κ2) is 4.59. The summed E-state index contributed by atoms with van der Waals surface area (Å²) in [7, 11) is 0. The summed E-state index contributed by atoms with van der Waals surface area (Å²) < 4.78 is 9.95. The van der Waals surface area contributed by atoms with Gasteiger partial charge in [-0.2, -0.15) is 0 Å². The van der Waals surface area contributed by atoms with E-state index in [0.717, 1.165) is 19.4 Å². The molecule has 0 N–H and O–H groups in total. The summed E-state index contributed by atoms with van der Waals surface area (Å²) in [5.41, 5.74) is 0. The smallest absolute Gasteiger partial charge is 0.324 e. The number of carbonyl (C=O) groups is 1. The van der Waals surface area contributed by atoms with Crippen LogP contribution in [0.1, 0.15) is 26.7 Å². The fourth-order valence-electron chi connectivity index (χ4n) is 1.41. The summed E-state index contributed by atoms with van der Waals surface area (Å²) in [6, 6.07) is 0. The molecule has 0 spiro atoms. The van der Waals surface area contributed by atoms with Gasteiger partial charge in [-0.25, -0.2) is 0 Å². The third kappa shape index (κ3) is 2.56. The molecule has 0 amide bonds. The van der Waals surface area contributed by atoms with Crippen LogP contribution in [0.25, 0.3) is 0 Å². The van der Waals surface area contributed by atoms with Crippen LogP contribution in [0, 0.1) is 0 Å². The van der Waals surface area contributed by atoms with Gasteiger partial charge < -0.3 is 9.47 Å². The molecule has 1 aliphatic rings. The van der Waals surface area contributed by atoms with Gasteiger partial charge in [0.05, 0.1) is 12.7 Å². The Labute approximate surface area is 92.3 Å². The second-order valence-corrected chi connectivity index (χ2v) is 5.54. The first kappa shape index (κ1) is 11.2. The molecule has 0 aromatic carbocycles. The predicted octanol–water partition coefficient (Wildman–Crippen LogP) is 1.92. The number of halogens is 1. The van der Waals surface area contributed by atoms with Crippen LogP contribution in [-0.4, -0.2) is 28.7 Å². The Morgan fingerprint density at radius 3 is 2.92 bits per heavy atom. The highest BCUT2D eigenvalue weighted by atomic mass is 127. The maximum absolute atomic E-state index is 11.5. The first-order valence-corrected chi connectivity index (χ1v) is 5.64.